The average Bonchev–Trinajstić information content (AvgIpc) is 2.39. The highest BCUT2D eigenvalue weighted by Gasteiger charge is 2.32. The number of hydrogen-bond donors (Lipinski definition) is 1. The van der Waals surface area contributed by atoms with Crippen molar-refractivity contribution in [1.29, 1.82) is 0 Å². The van der Waals surface area contributed by atoms with Crippen molar-refractivity contribution in [2.45, 2.75) is 44.3 Å². The van der Waals surface area contributed by atoms with Gasteiger partial charge in [0.05, 0.1) is 6.54 Å². The second-order valence-corrected chi connectivity index (χ2v) is 6.05. The maximum absolute atomic E-state index is 12.3. The summed E-state index contributed by atoms with van der Waals surface area (Å²) in [5.74, 6) is 0. The third-order valence-electron chi connectivity index (χ3n) is 4.00. The van der Waals surface area contributed by atoms with Gasteiger partial charge in [0.15, 0.2) is 5.11 Å². The fourth-order valence-corrected chi connectivity index (χ4v) is 3.22. The number of rotatable bonds is 2. The van der Waals surface area contributed by atoms with Gasteiger partial charge < -0.3 is 10.2 Å². The standard InChI is InChI=1S/C13H22F3N3S/c14-13(15,16)10-18-6-8-19(9-7-18)12(20)17-11-4-2-1-3-5-11/h11H,1-10H2,(H,17,20). The van der Waals surface area contributed by atoms with Gasteiger partial charge in [-0.25, -0.2) is 0 Å². The summed E-state index contributed by atoms with van der Waals surface area (Å²) < 4.78 is 36.9. The predicted octanol–water partition coefficient (Wildman–Crippen LogP) is 2.37. The van der Waals surface area contributed by atoms with Crippen LogP contribution in [-0.4, -0.2) is 59.9 Å². The van der Waals surface area contributed by atoms with Crippen molar-refractivity contribution in [3.05, 3.63) is 0 Å². The average molecular weight is 309 g/mol. The number of nitrogens with zero attached hydrogens (tertiary/aromatic N) is 2. The number of alkyl halides is 3. The Hall–Kier alpha value is -0.560. The molecule has 0 aromatic carbocycles. The summed E-state index contributed by atoms with van der Waals surface area (Å²) in [6, 6.07) is 0.449. The second-order valence-electron chi connectivity index (χ2n) is 5.66. The second kappa shape index (κ2) is 6.93. The Morgan fingerprint density at radius 1 is 1.05 bits per heavy atom. The van der Waals surface area contributed by atoms with Crippen LogP contribution in [0.2, 0.25) is 0 Å². The van der Waals surface area contributed by atoms with Crippen molar-refractivity contribution in [1.82, 2.24) is 15.1 Å². The minimum absolute atomic E-state index is 0.423. The largest absolute Gasteiger partial charge is 0.401 e. The summed E-state index contributed by atoms with van der Waals surface area (Å²) in [6.07, 6.45) is 1.95. The first kappa shape index (κ1) is 15.8. The summed E-state index contributed by atoms with van der Waals surface area (Å²) in [6.45, 7) is 1.19. The minimum atomic E-state index is -4.11. The van der Waals surface area contributed by atoms with E-state index in [-0.39, 0.29) is 0 Å². The molecular formula is C13H22F3N3S. The van der Waals surface area contributed by atoms with Gasteiger partial charge in [0.1, 0.15) is 0 Å². The Kier molecular flexibility index (Phi) is 5.49. The van der Waals surface area contributed by atoms with Crippen molar-refractivity contribution < 1.29 is 13.2 Å². The zero-order valence-electron chi connectivity index (χ0n) is 11.6. The van der Waals surface area contributed by atoms with Gasteiger partial charge in [0, 0.05) is 32.2 Å². The predicted molar refractivity (Wildman–Crippen MR) is 76.7 cm³/mol. The van der Waals surface area contributed by atoms with E-state index in [1.165, 1.54) is 24.2 Å². The van der Waals surface area contributed by atoms with Crippen molar-refractivity contribution in [2.75, 3.05) is 32.7 Å². The summed E-state index contributed by atoms with van der Waals surface area (Å²) in [5.41, 5.74) is 0. The fraction of sp³-hybridized carbons (Fsp3) is 0.923. The molecule has 1 aliphatic carbocycles. The maximum atomic E-state index is 12.3. The SMILES string of the molecule is FC(F)(F)CN1CCN(C(=S)NC2CCCCC2)CC1. The lowest BCUT2D eigenvalue weighted by atomic mass is 9.96. The van der Waals surface area contributed by atoms with E-state index in [1.54, 1.807) is 0 Å². The summed E-state index contributed by atoms with van der Waals surface area (Å²) in [7, 11) is 0. The van der Waals surface area contributed by atoms with Gasteiger partial charge in [-0.05, 0) is 25.1 Å². The topological polar surface area (TPSA) is 18.5 Å². The first-order chi connectivity index (χ1) is 9.44. The molecule has 0 bridgehead atoms. The first-order valence-corrected chi connectivity index (χ1v) is 7.69. The fourth-order valence-electron chi connectivity index (χ4n) is 2.88. The lowest BCUT2D eigenvalue weighted by Gasteiger charge is -2.37. The first-order valence-electron chi connectivity index (χ1n) is 7.28. The van der Waals surface area contributed by atoms with Crippen LogP contribution in [0.25, 0.3) is 0 Å². The molecule has 2 aliphatic rings. The molecular weight excluding hydrogens is 287 g/mol. The van der Waals surface area contributed by atoms with Gasteiger partial charge in [-0.3, -0.25) is 4.90 Å². The molecule has 3 nitrogen and oxygen atoms in total. The molecule has 1 aliphatic heterocycles. The van der Waals surface area contributed by atoms with Crippen molar-refractivity contribution in [2.24, 2.45) is 0 Å². The van der Waals surface area contributed by atoms with Gasteiger partial charge in [-0.15, -0.1) is 0 Å². The van der Waals surface area contributed by atoms with Crippen molar-refractivity contribution in [3.63, 3.8) is 0 Å². The molecule has 0 aromatic rings. The summed E-state index contributed by atoms with van der Waals surface area (Å²) >= 11 is 5.38. The lowest BCUT2D eigenvalue weighted by molar-refractivity contribution is -0.148. The molecule has 2 fully saturated rings. The van der Waals surface area contributed by atoms with E-state index in [1.807, 2.05) is 4.90 Å². The molecule has 2 rings (SSSR count). The van der Waals surface area contributed by atoms with Crippen LogP contribution >= 0.6 is 12.2 Å². The molecule has 0 unspecified atom stereocenters. The molecule has 116 valence electrons. The smallest absolute Gasteiger partial charge is 0.360 e. The quantitative estimate of drug-likeness (QED) is 0.789. The number of hydrogen-bond acceptors (Lipinski definition) is 2. The number of halogens is 3. The summed E-state index contributed by atoms with van der Waals surface area (Å²) in [4.78, 5) is 3.44. The van der Waals surface area contributed by atoms with Crippen LogP contribution in [0, 0.1) is 0 Å². The van der Waals surface area contributed by atoms with Crippen LogP contribution in [0.3, 0.4) is 0 Å². The lowest BCUT2D eigenvalue weighted by Crippen LogP contribution is -2.54. The number of nitrogens with one attached hydrogen (secondary N) is 1. The molecule has 7 heteroatoms. The van der Waals surface area contributed by atoms with E-state index in [0.29, 0.717) is 37.3 Å². The van der Waals surface area contributed by atoms with E-state index in [4.69, 9.17) is 12.2 Å². The molecule has 1 saturated heterocycles. The van der Waals surface area contributed by atoms with E-state index in [0.717, 1.165) is 12.8 Å². The molecule has 1 saturated carbocycles. The van der Waals surface area contributed by atoms with E-state index < -0.39 is 12.7 Å². The van der Waals surface area contributed by atoms with E-state index in [2.05, 4.69) is 5.32 Å². The van der Waals surface area contributed by atoms with Crippen molar-refractivity contribution in [3.8, 4) is 0 Å². The van der Waals surface area contributed by atoms with Gasteiger partial charge in [0.25, 0.3) is 0 Å². The van der Waals surface area contributed by atoms with Crippen LogP contribution < -0.4 is 5.32 Å². The number of thiocarbonyl (C=S) groups is 1. The maximum Gasteiger partial charge on any atom is 0.401 e. The van der Waals surface area contributed by atoms with Gasteiger partial charge in [-0.1, -0.05) is 19.3 Å². The Balaban J connectivity index is 1.71. The monoisotopic (exact) mass is 309 g/mol. The van der Waals surface area contributed by atoms with E-state index >= 15 is 0 Å². The highest BCUT2D eigenvalue weighted by molar-refractivity contribution is 7.80. The highest BCUT2D eigenvalue weighted by atomic mass is 32.1. The van der Waals surface area contributed by atoms with Crippen molar-refractivity contribution >= 4 is 17.3 Å². The molecule has 0 radical (unpaired) electrons. The van der Waals surface area contributed by atoms with Crippen LogP contribution in [0.1, 0.15) is 32.1 Å². The zero-order chi connectivity index (χ0) is 14.6. The van der Waals surface area contributed by atoms with E-state index in [9.17, 15) is 13.2 Å². The Morgan fingerprint density at radius 2 is 1.65 bits per heavy atom. The van der Waals surface area contributed by atoms with Gasteiger partial charge in [0.2, 0.25) is 0 Å². The molecule has 0 amide bonds. The van der Waals surface area contributed by atoms with Crippen LogP contribution in [-0.2, 0) is 0 Å². The highest BCUT2D eigenvalue weighted by Crippen LogP contribution is 2.19. The molecule has 0 atom stereocenters. The molecule has 1 heterocycles. The third kappa shape index (κ3) is 5.09. The minimum Gasteiger partial charge on any atom is -0.360 e. The number of piperazine rings is 1. The van der Waals surface area contributed by atoms with Crippen LogP contribution in [0.4, 0.5) is 13.2 Å². The Labute approximate surface area is 123 Å². The normalized spacial score (nSPS) is 22.9. The molecule has 0 spiro atoms. The van der Waals surface area contributed by atoms with Crippen LogP contribution in [0.5, 0.6) is 0 Å². The zero-order valence-corrected chi connectivity index (χ0v) is 12.4. The summed E-state index contributed by atoms with van der Waals surface area (Å²) in [5, 5.41) is 4.08. The molecule has 1 N–H and O–H groups in total. The Bertz CT molecular complexity index is 321. The molecule has 20 heavy (non-hydrogen) atoms. The third-order valence-corrected chi connectivity index (χ3v) is 4.37. The van der Waals surface area contributed by atoms with Crippen LogP contribution in [0.15, 0.2) is 0 Å². The van der Waals surface area contributed by atoms with Gasteiger partial charge in [-0.2, -0.15) is 13.2 Å². The van der Waals surface area contributed by atoms with Gasteiger partial charge >= 0.3 is 6.18 Å². The molecule has 0 aromatic heterocycles. The Morgan fingerprint density at radius 3 is 2.20 bits per heavy atom.